The van der Waals surface area contributed by atoms with Crippen LogP contribution in [0.2, 0.25) is 5.02 Å². The Morgan fingerprint density at radius 1 is 1.11 bits per heavy atom. The largest absolute Gasteiger partial charge is 0.588 e. The van der Waals surface area contributed by atoms with E-state index in [0.29, 0.717) is 62.4 Å². The van der Waals surface area contributed by atoms with Crippen LogP contribution in [-0.2, 0) is 32.9 Å². The number of amides is 2. The fourth-order valence-corrected chi connectivity index (χ4v) is 7.43. The van der Waals surface area contributed by atoms with Crippen molar-refractivity contribution in [3.05, 3.63) is 76.6 Å². The fourth-order valence-electron chi connectivity index (χ4n) is 6.40. The number of ether oxygens (including phenoxy) is 3. The first-order valence-corrected chi connectivity index (χ1v) is 17.3. The van der Waals surface area contributed by atoms with E-state index in [0.717, 1.165) is 29.4 Å². The van der Waals surface area contributed by atoms with Crippen molar-refractivity contribution in [2.24, 2.45) is 0 Å². The van der Waals surface area contributed by atoms with Crippen molar-refractivity contribution < 1.29 is 32.7 Å². The van der Waals surface area contributed by atoms with Crippen LogP contribution in [0.4, 0.5) is 20.6 Å². The van der Waals surface area contributed by atoms with Gasteiger partial charge in [-0.25, -0.2) is 13.9 Å². The molecule has 1 saturated heterocycles. The number of hydrogen-bond acceptors (Lipinski definition) is 7. The van der Waals surface area contributed by atoms with Crippen LogP contribution in [0.1, 0.15) is 64.0 Å². The van der Waals surface area contributed by atoms with E-state index in [1.807, 2.05) is 51.1 Å². The first-order valence-electron chi connectivity index (χ1n) is 15.8. The quantitative estimate of drug-likeness (QED) is 0.247. The minimum absolute atomic E-state index is 0.00109. The van der Waals surface area contributed by atoms with E-state index in [4.69, 9.17) is 25.8 Å². The second-order valence-corrected chi connectivity index (χ2v) is 14.9. The second-order valence-electron chi connectivity index (χ2n) is 13.3. The third-order valence-corrected chi connectivity index (χ3v) is 10.3. The summed E-state index contributed by atoms with van der Waals surface area (Å²) in [6.07, 6.45) is 2.79. The third-order valence-electron chi connectivity index (χ3n) is 8.91. The first-order chi connectivity index (χ1) is 22.4. The zero-order chi connectivity index (χ0) is 33.5. The van der Waals surface area contributed by atoms with E-state index in [1.165, 1.54) is 12.1 Å². The number of fused-ring (bicyclic) bond motifs is 2. The molecule has 3 aromatic carbocycles. The van der Waals surface area contributed by atoms with Crippen molar-refractivity contribution in [1.29, 1.82) is 0 Å². The van der Waals surface area contributed by atoms with Crippen LogP contribution in [-0.4, -0.2) is 53.4 Å². The highest BCUT2D eigenvalue weighted by Crippen LogP contribution is 2.57. The van der Waals surface area contributed by atoms with Crippen molar-refractivity contribution in [1.82, 2.24) is 4.90 Å². The lowest BCUT2D eigenvalue weighted by Gasteiger charge is -2.37. The third kappa shape index (κ3) is 6.84. The Bertz CT molecular complexity index is 1650. The molecular formula is C35H39ClFN3O6S. The van der Waals surface area contributed by atoms with Crippen LogP contribution in [0, 0.1) is 5.82 Å². The monoisotopic (exact) mass is 683 g/mol. The number of benzene rings is 3. The van der Waals surface area contributed by atoms with Crippen LogP contribution in [0.5, 0.6) is 11.5 Å². The summed E-state index contributed by atoms with van der Waals surface area (Å²) in [5, 5.41) is 0.205. The topological polar surface area (TPSA) is 103 Å². The maximum Gasteiger partial charge on any atom is 0.410 e. The van der Waals surface area contributed by atoms with Gasteiger partial charge in [0.1, 0.15) is 34.6 Å². The molecule has 12 heteroatoms. The van der Waals surface area contributed by atoms with Gasteiger partial charge in [0.25, 0.3) is 0 Å². The predicted molar refractivity (Wildman–Crippen MR) is 179 cm³/mol. The Hall–Kier alpha value is -3.67. The number of carbonyl (C=O) groups excluding carboxylic acids is 2. The van der Waals surface area contributed by atoms with Crippen LogP contribution >= 0.6 is 11.6 Å². The van der Waals surface area contributed by atoms with Gasteiger partial charge in [-0.1, -0.05) is 30.2 Å². The normalized spacial score (nSPS) is 18.1. The van der Waals surface area contributed by atoms with Gasteiger partial charge in [0.2, 0.25) is 10.8 Å². The number of rotatable bonds is 8. The number of methoxy groups -OCH3 is 1. The molecule has 1 aliphatic carbocycles. The minimum atomic E-state index is -1.95. The zero-order valence-corrected chi connectivity index (χ0v) is 28.5. The first kappa shape index (κ1) is 33.2. The minimum Gasteiger partial charge on any atom is -0.588 e. The summed E-state index contributed by atoms with van der Waals surface area (Å²) in [4.78, 5) is 30.4. The number of anilines is 2. The van der Waals surface area contributed by atoms with E-state index in [-0.39, 0.29) is 28.0 Å². The van der Waals surface area contributed by atoms with Gasteiger partial charge >= 0.3 is 6.09 Å². The summed E-state index contributed by atoms with van der Waals surface area (Å²) >= 11 is 3.97. The smallest absolute Gasteiger partial charge is 0.410 e. The molecule has 9 nitrogen and oxygen atoms in total. The summed E-state index contributed by atoms with van der Waals surface area (Å²) in [5.41, 5.74) is 1.56. The second kappa shape index (κ2) is 13.1. The summed E-state index contributed by atoms with van der Waals surface area (Å²) in [6, 6.07) is 15.2. The van der Waals surface area contributed by atoms with Crippen LogP contribution < -0.4 is 19.1 Å². The van der Waals surface area contributed by atoms with Gasteiger partial charge in [-0.15, -0.1) is 0 Å². The SMILES string of the molecule is COc1ccc(CN2C(=O)C3(CCC3)c3cc(N[S@@+]([O-])c4ccc(Cl)cc4F)cc(OC4CCN(C(=O)OC(C)(C)C)CC4)c32)cc1. The molecule has 0 bridgehead atoms. The van der Waals surface area contributed by atoms with Crippen LogP contribution in [0.3, 0.4) is 0 Å². The van der Waals surface area contributed by atoms with Crippen molar-refractivity contribution in [3.8, 4) is 11.5 Å². The average Bonchev–Trinajstić information content (AvgIpc) is 3.24. The fraction of sp³-hybridized carbons (Fsp3) is 0.429. The number of piperidine rings is 1. The molecule has 2 fully saturated rings. The Kier molecular flexibility index (Phi) is 9.26. The standard InChI is InChI=1S/C35H39ClFN3O6S/c1-34(2,3)46-33(42)39-16-12-26(13-17-39)45-29-20-24(38-47(43)30-11-8-23(36)18-28(30)37)19-27-31(29)40(32(41)35(27)14-5-15-35)21-22-6-9-25(44-4)10-7-22/h6-11,18-20,26,38H,5,12-17,21H2,1-4H3/t47-/m0/s1. The van der Waals surface area contributed by atoms with Gasteiger partial charge < -0.3 is 28.6 Å². The number of nitrogens with one attached hydrogen (secondary N) is 1. The van der Waals surface area contributed by atoms with E-state index >= 15 is 0 Å². The van der Waals surface area contributed by atoms with E-state index in [9.17, 15) is 18.5 Å². The van der Waals surface area contributed by atoms with Crippen molar-refractivity contribution in [2.75, 3.05) is 29.8 Å². The number of carbonyl (C=O) groups is 2. The molecule has 47 heavy (non-hydrogen) atoms. The molecule has 1 saturated carbocycles. The van der Waals surface area contributed by atoms with Crippen molar-refractivity contribution in [2.45, 2.75) is 81.4 Å². The Morgan fingerprint density at radius 3 is 2.40 bits per heavy atom. The average molecular weight is 684 g/mol. The summed E-state index contributed by atoms with van der Waals surface area (Å²) in [7, 11) is 1.61. The molecule has 250 valence electrons. The number of likely N-dealkylation sites (tertiary alicyclic amines) is 1. The highest BCUT2D eigenvalue weighted by molar-refractivity contribution is 7.92. The lowest BCUT2D eigenvalue weighted by Crippen LogP contribution is -2.45. The Balaban J connectivity index is 1.33. The maximum atomic E-state index is 14.7. The zero-order valence-electron chi connectivity index (χ0n) is 26.9. The van der Waals surface area contributed by atoms with Crippen LogP contribution in [0.25, 0.3) is 0 Å². The number of nitrogens with zero attached hydrogens (tertiary/aromatic N) is 2. The number of hydrogen-bond donors (Lipinski definition) is 1. The molecule has 2 heterocycles. The molecule has 0 aromatic heterocycles. The number of halogens is 2. The molecule has 2 amide bonds. The maximum absolute atomic E-state index is 14.7. The summed E-state index contributed by atoms with van der Waals surface area (Å²) in [6.45, 7) is 6.76. The summed E-state index contributed by atoms with van der Waals surface area (Å²) in [5.74, 6) is 0.509. The van der Waals surface area contributed by atoms with E-state index in [1.54, 1.807) is 23.0 Å². The van der Waals surface area contributed by atoms with E-state index in [2.05, 4.69) is 4.72 Å². The van der Waals surface area contributed by atoms with Crippen LogP contribution in [0.15, 0.2) is 59.5 Å². The van der Waals surface area contributed by atoms with Gasteiger partial charge in [0, 0.05) is 43.1 Å². The van der Waals surface area contributed by atoms with Crippen molar-refractivity contribution >= 4 is 46.3 Å². The highest BCUT2D eigenvalue weighted by atomic mass is 35.5. The Morgan fingerprint density at radius 2 is 1.81 bits per heavy atom. The molecule has 1 atom stereocenters. The summed E-state index contributed by atoms with van der Waals surface area (Å²) < 4.78 is 48.6. The van der Waals surface area contributed by atoms with Gasteiger partial charge in [-0.2, -0.15) is 0 Å². The van der Waals surface area contributed by atoms with Gasteiger partial charge in [-0.3, -0.25) is 4.79 Å². The van der Waals surface area contributed by atoms with Crippen molar-refractivity contribution in [3.63, 3.8) is 0 Å². The molecule has 2 aliphatic heterocycles. The predicted octanol–water partition coefficient (Wildman–Crippen LogP) is 7.37. The molecule has 1 spiro atoms. The molecule has 3 aliphatic rings. The molecule has 0 radical (unpaired) electrons. The molecule has 1 N–H and O–H groups in total. The molecule has 6 rings (SSSR count). The van der Waals surface area contributed by atoms with E-state index < -0.39 is 28.2 Å². The molecule has 0 unspecified atom stereocenters. The van der Waals surface area contributed by atoms with Gasteiger partial charge in [-0.05, 0) is 75.1 Å². The lowest BCUT2D eigenvalue weighted by atomic mass is 9.65. The van der Waals surface area contributed by atoms with Gasteiger partial charge in [0.05, 0.1) is 30.4 Å². The molecule has 3 aromatic rings. The van der Waals surface area contributed by atoms with Gasteiger partial charge in [0.15, 0.2) is 5.82 Å². The lowest BCUT2D eigenvalue weighted by molar-refractivity contribution is -0.126. The molecular weight excluding hydrogens is 645 g/mol. The highest BCUT2D eigenvalue weighted by Gasteiger charge is 2.56. The Labute approximate surface area is 282 Å².